The van der Waals surface area contributed by atoms with Gasteiger partial charge in [0.2, 0.25) is 5.91 Å². The average molecular weight is 330 g/mol. The maximum Gasteiger partial charge on any atom is 0.251 e. The minimum atomic E-state index is -0.344. The Morgan fingerprint density at radius 1 is 1.29 bits per heavy atom. The van der Waals surface area contributed by atoms with E-state index in [-0.39, 0.29) is 11.7 Å². The second-order valence-corrected chi connectivity index (χ2v) is 7.56. The molecule has 4 rings (SSSR count). The summed E-state index contributed by atoms with van der Waals surface area (Å²) in [5.41, 5.74) is 0.473. The Morgan fingerprint density at radius 3 is 2.67 bits per heavy atom. The predicted octanol–water partition coefficient (Wildman–Crippen LogP) is 2.59. The summed E-state index contributed by atoms with van der Waals surface area (Å²) in [6, 6.07) is 6.44. The van der Waals surface area contributed by atoms with E-state index >= 15 is 0 Å². The van der Waals surface area contributed by atoms with Crippen LogP contribution in [0.15, 0.2) is 24.3 Å². The summed E-state index contributed by atoms with van der Waals surface area (Å²) in [6.07, 6.45) is 3.97. The van der Waals surface area contributed by atoms with Crippen molar-refractivity contribution in [1.29, 1.82) is 0 Å². The van der Waals surface area contributed by atoms with Crippen molar-refractivity contribution >= 4 is 11.8 Å². The molecule has 2 saturated carbocycles. The molecule has 128 valence electrons. The van der Waals surface area contributed by atoms with Crippen molar-refractivity contribution in [2.75, 3.05) is 6.54 Å². The van der Waals surface area contributed by atoms with Gasteiger partial charge in [-0.1, -0.05) is 6.92 Å². The Labute approximate surface area is 141 Å². The van der Waals surface area contributed by atoms with Gasteiger partial charge in [0.25, 0.3) is 5.91 Å². The van der Waals surface area contributed by atoms with Crippen molar-refractivity contribution in [2.24, 2.45) is 17.8 Å². The molecular formula is C19H23FN2O2. The lowest BCUT2D eigenvalue weighted by molar-refractivity contribution is -0.129. The molecule has 0 unspecified atom stereocenters. The average Bonchev–Trinajstić information content (AvgIpc) is 3.27. The first-order valence-electron chi connectivity index (χ1n) is 8.89. The van der Waals surface area contributed by atoms with Gasteiger partial charge in [-0.3, -0.25) is 9.59 Å². The highest BCUT2D eigenvalue weighted by Crippen LogP contribution is 2.49. The SMILES string of the molecule is C[C@H]1C[C@@H]2[C@@H](CC(=O)N2C2CC2)[C@@H]1CNC(=O)c1ccc(F)cc1. The van der Waals surface area contributed by atoms with Crippen molar-refractivity contribution in [2.45, 2.75) is 44.7 Å². The number of hydrogen-bond donors (Lipinski definition) is 1. The van der Waals surface area contributed by atoms with E-state index in [4.69, 9.17) is 0 Å². The van der Waals surface area contributed by atoms with E-state index in [2.05, 4.69) is 17.1 Å². The first-order valence-corrected chi connectivity index (χ1v) is 8.89. The maximum absolute atomic E-state index is 13.0. The topological polar surface area (TPSA) is 49.4 Å². The van der Waals surface area contributed by atoms with Crippen LogP contribution in [-0.4, -0.2) is 35.3 Å². The van der Waals surface area contributed by atoms with E-state index in [0.29, 0.717) is 54.3 Å². The standard InChI is InChI=1S/C19H23FN2O2/c1-11-8-17-15(9-18(23)22(17)14-6-7-14)16(11)10-21-19(24)12-2-4-13(20)5-3-12/h2-5,11,14-17H,6-10H2,1H3,(H,21,24)/t11-,15-,16+,17+/m0/s1. The number of fused-ring (bicyclic) bond motifs is 1. The number of halogens is 1. The van der Waals surface area contributed by atoms with Gasteiger partial charge >= 0.3 is 0 Å². The summed E-state index contributed by atoms with van der Waals surface area (Å²) in [4.78, 5) is 26.7. The van der Waals surface area contributed by atoms with Gasteiger partial charge in [-0.25, -0.2) is 4.39 Å². The molecular weight excluding hydrogens is 307 g/mol. The van der Waals surface area contributed by atoms with Crippen molar-refractivity contribution in [3.05, 3.63) is 35.6 Å². The molecule has 1 heterocycles. The predicted molar refractivity (Wildman–Crippen MR) is 87.8 cm³/mol. The van der Waals surface area contributed by atoms with E-state index in [1.807, 2.05) is 0 Å². The van der Waals surface area contributed by atoms with Crippen LogP contribution in [0.25, 0.3) is 0 Å². The third kappa shape index (κ3) is 2.70. The number of rotatable bonds is 4. The summed E-state index contributed by atoms with van der Waals surface area (Å²) in [5, 5.41) is 2.99. The van der Waals surface area contributed by atoms with Crippen LogP contribution in [-0.2, 0) is 4.79 Å². The van der Waals surface area contributed by atoms with Crippen molar-refractivity contribution in [3.63, 3.8) is 0 Å². The molecule has 0 bridgehead atoms. The van der Waals surface area contributed by atoms with E-state index in [1.165, 1.54) is 24.3 Å². The zero-order valence-electron chi connectivity index (χ0n) is 13.9. The molecule has 0 aromatic heterocycles. The van der Waals surface area contributed by atoms with Gasteiger partial charge in [-0.2, -0.15) is 0 Å². The molecule has 2 aliphatic carbocycles. The summed E-state index contributed by atoms with van der Waals surface area (Å²) in [5.74, 6) is 0.989. The fraction of sp³-hybridized carbons (Fsp3) is 0.579. The Hall–Kier alpha value is -1.91. The largest absolute Gasteiger partial charge is 0.352 e. The number of benzene rings is 1. The van der Waals surface area contributed by atoms with Gasteiger partial charge in [0.05, 0.1) is 0 Å². The monoisotopic (exact) mass is 330 g/mol. The lowest BCUT2D eigenvalue weighted by Gasteiger charge is -2.24. The number of nitrogens with zero attached hydrogens (tertiary/aromatic N) is 1. The molecule has 3 aliphatic rings. The Kier molecular flexibility index (Phi) is 3.82. The second kappa shape index (κ2) is 5.87. The number of nitrogens with one attached hydrogen (secondary N) is 1. The molecule has 4 atom stereocenters. The lowest BCUT2D eigenvalue weighted by atomic mass is 9.88. The molecule has 0 spiro atoms. The third-order valence-corrected chi connectivity index (χ3v) is 5.99. The Morgan fingerprint density at radius 2 is 2.00 bits per heavy atom. The van der Waals surface area contributed by atoms with Crippen LogP contribution in [0.3, 0.4) is 0 Å². The summed E-state index contributed by atoms with van der Waals surface area (Å²) in [7, 11) is 0. The van der Waals surface area contributed by atoms with Crippen LogP contribution in [0.5, 0.6) is 0 Å². The maximum atomic E-state index is 13.0. The molecule has 3 fully saturated rings. The molecule has 1 saturated heterocycles. The van der Waals surface area contributed by atoms with Gasteiger partial charge in [-0.05, 0) is 61.3 Å². The first-order chi connectivity index (χ1) is 11.5. The zero-order valence-corrected chi connectivity index (χ0v) is 13.9. The normalized spacial score (nSPS) is 32.1. The summed E-state index contributed by atoms with van der Waals surface area (Å²) in [6.45, 7) is 2.81. The van der Waals surface area contributed by atoms with Crippen LogP contribution >= 0.6 is 0 Å². The Bertz CT molecular complexity index is 656. The van der Waals surface area contributed by atoms with Crippen LogP contribution in [0.2, 0.25) is 0 Å². The number of hydrogen-bond acceptors (Lipinski definition) is 2. The zero-order chi connectivity index (χ0) is 16.8. The fourth-order valence-electron chi connectivity index (χ4n) is 4.63. The van der Waals surface area contributed by atoms with E-state index in [1.54, 1.807) is 0 Å². The molecule has 5 heteroatoms. The van der Waals surface area contributed by atoms with E-state index < -0.39 is 0 Å². The van der Waals surface area contributed by atoms with Gasteiger partial charge in [0, 0.05) is 30.6 Å². The van der Waals surface area contributed by atoms with Crippen LogP contribution in [0.4, 0.5) is 4.39 Å². The van der Waals surface area contributed by atoms with Crippen molar-refractivity contribution in [1.82, 2.24) is 10.2 Å². The van der Waals surface area contributed by atoms with Gasteiger partial charge < -0.3 is 10.2 Å². The number of carbonyl (C=O) groups excluding carboxylic acids is 2. The minimum Gasteiger partial charge on any atom is -0.352 e. The third-order valence-electron chi connectivity index (χ3n) is 5.99. The first kappa shape index (κ1) is 15.6. The van der Waals surface area contributed by atoms with Crippen LogP contribution in [0, 0.1) is 23.6 Å². The Balaban J connectivity index is 1.40. The number of carbonyl (C=O) groups is 2. The van der Waals surface area contributed by atoms with Crippen LogP contribution < -0.4 is 5.32 Å². The van der Waals surface area contributed by atoms with Gasteiger partial charge in [0.1, 0.15) is 5.82 Å². The summed E-state index contributed by atoms with van der Waals surface area (Å²) < 4.78 is 13.0. The lowest BCUT2D eigenvalue weighted by Crippen LogP contribution is -2.36. The molecule has 4 nitrogen and oxygen atoms in total. The quantitative estimate of drug-likeness (QED) is 0.922. The smallest absolute Gasteiger partial charge is 0.251 e. The van der Waals surface area contributed by atoms with Crippen LogP contribution in [0.1, 0.15) is 43.0 Å². The van der Waals surface area contributed by atoms with Gasteiger partial charge in [-0.15, -0.1) is 0 Å². The molecule has 2 amide bonds. The molecule has 1 aromatic carbocycles. The minimum absolute atomic E-state index is 0.172. The highest BCUT2D eigenvalue weighted by molar-refractivity contribution is 5.94. The molecule has 24 heavy (non-hydrogen) atoms. The molecule has 0 radical (unpaired) electrons. The van der Waals surface area contributed by atoms with E-state index in [0.717, 1.165) is 19.3 Å². The van der Waals surface area contributed by atoms with E-state index in [9.17, 15) is 14.0 Å². The highest BCUT2D eigenvalue weighted by Gasteiger charge is 2.53. The number of amides is 2. The molecule has 1 N–H and O–H groups in total. The highest BCUT2D eigenvalue weighted by atomic mass is 19.1. The second-order valence-electron chi connectivity index (χ2n) is 7.56. The molecule has 1 aliphatic heterocycles. The van der Waals surface area contributed by atoms with Crippen molar-refractivity contribution in [3.8, 4) is 0 Å². The molecule has 1 aromatic rings. The van der Waals surface area contributed by atoms with Gasteiger partial charge in [0.15, 0.2) is 0 Å². The fourth-order valence-corrected chi connectivity index (χ4v) is 4.63. The summed E-state index contributed by atoms with van der Waals surface area (Å²) >= 11 is 0. The van der Waals surface area contributed by atoms with Crippen molar-refractivity contribution < 1.29 is 14.0 Å². The number of likely N-dealkylation sites (tertiary alicyclic amines) is 1.